The maximum atomic E-state index is 8.55. The lowest BCUT2D eigenvalue weighted by Crippen LogP contribution is -2.17. The number of ether oxygens (including phenoxy) is 1. The smallest absolute Gasteiger partial charge is 0.117 e. The summed E-state index contributed by atoms with van der Waals surface area (Å²) >= 11 is 0. The Morgan fingerprint density at radius 3 is 2.25 bits per heavy atom. The predicted molar refractivity (Wildman–Crippen MR) is 27.5 cm³/mol. The summed E-state index contributed by atoms with van der Waals surface area (Å²) in [5.41, 5.74) is -0.352. The molecule has 3 nitrogen and oxygen atoms in total. The van der Waals surface area contributed by atoms with E-state index in [0.717, 1.165) is 0 Å². The monoisotopic (exact) mass is 118 g/mol. The van der Waals surface area contributed by atoms with Gasteiger partial charge in [0, 0.05) is 13.0 Å². The van der Waals surface area contributed by atoms with Gasteiger partial charge in [0.05, 0.1) is 13.2 Å². The van der Waals surface area contributed by atoms with Gasteiger partial charge in [-0.1, -0.05) is 0 Å². The van der Waals surface area contributed by atoms with Crippen LogP contribution in [0.2, 0.25) is 0 Å². The number of epoxide rings is 1. The van der Waals surface area contributed by atoms with Crippen molar-refractivity contribution in [3.05, 3.63) is 0 Å². The van der Waals surface area contributed by atoms with Gasteiger partial charge in [0.2, 0.25) is 0 Å². The van der Waals surface area contributed by atoms with Crippen molar-refractivity contribution in [1.82, 2.24) is 0 Å². The molecule has 1 unspecified atom stereocenters. The highest BCUT2D eigenvalue weighted by atomic mass is 16.6. The van der Waals surface area contributed by atoms with Crippen LogP contribution in [0, 0.1) is 0 Å². The molecule has 1 saturated heterocycles. The molecule has 2 N–H and O–H groups in total. The number of rotatable bonds is 3. The third-order valence-electron chi connectivity index (χ3n) is 1.41. The van der Waals surface area contributed by atoms with Gasteiger partial charge in [-0.3, -0.25) is 0 Å². The molecule has 0 saturated carbocycles. The van der Waals surface area contributed by atoms with Gasteiger partial charge in [-0.05, 0) is 0 Å². The molecule has 0 aromatic rings. The first-order chi connectivity index (χ1) is 3.83. The van der Waals surface area contributed by atoms with Gasteiger partial charge in [-0.25, -0.2) is 0 Å². The summed E-state index contributed by atoms with van der Waals surface area (Å²) < 4.78 is 4.88. The fraction of sp³-hybridized carbons (Fsp3) is 1.00. The van der Waals surface area contributed by atoms with E-state index in [1.165, 1.54) is 0 Å². The van der Waals surface area contributed by atoms with Crippen LogP contribution in [0.3, 0.4) is 0 Å². The van der Waals surface area contributed by atoms with E-state index in [1.807, 2.05) is 0 Å². The molecule has 0 aromatic carbocycles. The van der Waals surface area contributed by atoms with Gasteiger partial charge in [-0.15, -0.1) is 0 Å². The largest absolute Gasteiger partial charge is 0.396 e. The lowest BCUT2D eigenvalue weighted by Gasteiger charge is -2.02. The van der Waals surface area contributed by atoms with Gasteiger partial charge in [0.15, 0.2) is 0 Å². The Kier molecular flexibility index (Phi) is 1.51. The van der Waals surface area contributed by atoms with Crippen LogP contribution < -0.4 is 0 Å². The summed E-state index contributed by atoms with van der Waals surface area (Å²) in [6.07, 6.45) is 0.559. The summed E-state index contributed by atoms with van der Waals surface area (Å²) in [5, 5.41) is 16.9. The van der Waals surface area contributed by atoms with E-state index in [2.05, 4.69) is 0 Å². The molecule has 1 atom stereocenters. The van der Waals surface area contributed by atoms with Gasteiger partial charge >= 0.3 is 0 Å². The molecular weight excluding hydrogens is 108 g/mol. The van der Waals surface area contributed by atoms with Gasteiger partial charge < -0.3 is 14.9 Å². The SMILES string of the molecule is OCCC1(CO)CO1. The molecule has 0 aromatic heterocycles. The first-order valence-corrected chi connectivity index (χ1v) is 2.69. The van der Waals surface area contributed by atoms with Crippen molar-refractivity contribution in [1.29, 1.82) is 0 Å². The average molecular weight is 118 g/mol. The van der Waals surface area contributed by atoms with Crippen LogP contribution in [0.15, 0.2) is 0 Å². The fourth-order valence-corrected chi connectivity index (χ4v) is 0.621. The summed E-state index contributed by atoms with van der Waals surface area (Å²) in [5.74, 6) is 0. The van der Waals surface area contributed by atoms with Crippen LogP contribution in [0.1, 0.15) is 6.42 Å². The Hall–Kier alpha value is -0.120. The maximum absolute atomic E-state index is 8.55. The average Bonchev–Trinajstić information content (AvgIpc) is 2.50. The number of hydrogen-bond acceptors (Lipinski definition) is 3. The molecule has 48 valence electrons. The second-order valence-electron chi connectivity index (χ2n) is 2.10. The normalized spacial score (nSPS) is 35.2. The van der Waals surface area contributed by atoms with Crippen molar-refractivity contribution >= 4 is 0 Å². The Bertz CT molecular complexity index is 77.7. The lowest BCUT2D eigenvalue weighted by molar-refractivity contribution is 0.139. The minimum absolute atomic E-state index is 0.0353. The summed E-state index contributed by atoms with van der Waals surface area (Å²) in [6, 6.07) is 0. The van der Waals surface area contributed by atoms with Gasteiger partial charge in [0.25, 0.3) is 0 Å². The first-order valence-electron chi connectivity index (χ1n) is 2.69. The molecule has 3 heteroatoms. The third kappa shape index (κ3) is 0.992. The van der Waals surface area contributed by atoms with Crippen LogP contribution in [0.4, 0.5) is 0 Å². The van der Waals surface area contributed by atoms with Crippen LogP contribution in [-0.2, 0) is 4.74 Å². The van der Waals surface area contributed by atoms with E-state index in [9.17, 15) is 0 Å². The van der Waals surface area contributed by atoms with Crippen LogP contribution >= 0.6 is 0 Å². The van der Waals surface area contributed by atoms with Gasteiger partial charge in [0.1, 0.15) is 5.60 Å². The number of hydrogen-bond donors (Lipinski definition) is 2. The molecule has 1 aliphatic heterocycles. The molecule has 1 heterocycles. The minimum atomic E-state index is -0.352. The fourth-order valence-electron chi connectivity index (χ4n) is 0.621. The molecule has 1 rings (SSSR count). The Morgan fingerprint density at radius 1 is 1.50 bits per heavy atom. The zero-order chi connectivity index (χ0) is 6.04. The van der Waals surface area contributed by atoms with E-state index in [4.69, 9.17) is 14.9 Å². The van der Waals surface area contributed by atoms with Crippen molar-refractivity contribution in [2.75, 3.05) is 19.8 Å². The summed E-state index contributed by atoms with van der Waals surface area (Å²) in [6.45, 7) is 0.734. The molecule has 0 amide bonds. The number of aliphatic hydroxyl groups is 2. The summed E-state index contributed by atoms with van der Waals surface area (Å²) in [7, 11) is 0. The molecule has 8 heavy (non-hydrogen) atoms. The maximum Gasteiger partial charge on any atom is 0.117 e. The van der Waals surface area contributed by atoms with E-state index in [1.54, 1.807) is 0 Å². The number of aliphatic hydroxyl groups excluding tert-OH is 2. The van der Waals surface area contributed by atoms with Crippen molar-refractivity contribution < 1.29 is 14.9 Å². The van der Waals surface area contributed by atoms with E-state index in [-0.39, 0.29) is 18.8 Å². The molecule has 0 aliphatic carbocycles. The first kappa shape index (κ1) is 6.01. The van der Waals surface area contributed by atoms with E-state index < -0.39 is 0 Å². The van der Waals surface area contributed by atoms with Crippen molar-refractivity contribution in [3.63, 3.8) is 0 Å². The molecule has 1 fully saturated rings. The predicted octanol–water partition coefficient (Wildman–Crippen LogP) is -0.870. The molecule has 0 spiro atoms. The summed E-state index contributed by atoms with van der Waals surface area (Å²) in [4.78, 5) is 0. The standard InChI is InChI=1S/C5H10O3/c6-2-1-5(3-7)4-8-5/h6-7H,1-4H2. The lowest BCUT2D eigenvalue weighted by atomic mass is 10.1. The Balaban J connectivity index is 2.20. The highest BCUT2D eigenvalue weighted by molar-refractivity contribution is 4.90. The highest BCUT2D eigenvalue weighted by Crippen LogP contribution is 2.29. The van der Waals surface area contributed by atoms with Crippen molar-refractivity contribution in [2.24, 2.45) is 0 Å². The molecule has 0 radical (unpaired) electrons. The zero-order valence-electron chi connectivity index (χ0n) is 4.63. The molecular formula is C5H10O3. The van der Waals surface area contributed by atoms with Gasteiger partial charge in [-0.2, -0.15) is 0 Å². The van der Waals surface area contributed by atoms with Crippen molar-refractivity contribution in [3.8, 4) is 0 Å². The second kappa shape index (κ2) is 2.01. The van der Waals surface area contributed by atoms with Crippen molar-refractivity contribution in [2.45, 2.75) is 12.0 Å². The van der Waals surface area contributed by atoms with E-state index >= 15 is 0 Å². The Morgan fingerprint density at radius 2 is 2.12 bits per heavy atom. The van der Waals surface area contributed by atoms with Crippen LogP contribution in [0.25, 0.3) is 0 Å². The molecule has 0 bridgehead atoms. The molecule has 1 aliphatic rings. The van der Waals surface area contributed by atoms with Crippen LogP contribution in [-0.4, -0.2) is 35.6 Å². The third-order valence-corrected chi connectivity index (χ3v) is 1.41. The second-order valence-corrected chi connectivity index (χ2v) is 2.10. The Labute approximate surface area is 47.9 Å². The van der Waals surface area contributed by atoms with E-state index in [0.29, 0.717) is 13.0 Å². The highest BCUT2D eigenvalue weighted by Gasteiger charge is 2.43. The topological polar surface area (TPSA) is 53.0 Å². The quantitative estimate of drug-likeness (QED) is 0.474. The van der Waals surface area contributed by atoms with Crippen LogP contribution in [0.5, 0.6) is 0 Å². The minimum Gasteiger partial charge on any atom is -0.396 e. The zero-order valence-corrected chi connectivity index (χ0v) is 4.63.